The molecule has 0 heterocycles. The molecule has 20 heavy (non-hydrogen) atoms. The number of benzene rings is 1. The van der Waals surface area contributed by atoms with Crippen molar-refractivity contribution >= 4 is 17.7 Å². The molecule has 0 radical (unpaired) electrons. The number of hydrogen-bond donors (Lipinski definition) is 0. The Morgan fingerprint density at radius 3 is 2.45 bits per heavy atom. The van der Waals surface area contributed by atoms with E-state index < -0.39 is 16.7 Å². The molecule has 1 rings (SSSR count). The number of carbonyl (C=O) groups excluding carboxylic acids is 1. The highest BCUT2D eigenvalue weighted by molar-refractivity contribution is 8.01. The second kappa shape index (κ2) is 7.20. The Bertz CT molecular complexity index is 494. The van der Waals surface area contributed by atoms with Crippen LogP contribution in [-0.4, -0.2) is 23.3 Å². The molecule has 0 saturated heterocycles. The fourth-order valence-corrected chi connectivity index (χ4v) is 2.26. The predicted molar refractivity (Wildman–Crippen MR) is 68.9 cm³/mol. The van der Waals surface area contributed by atoms with Crippen LogP contribution < -0.4 is 0 Å². The van der Waals surface area contributed by atoms with Gasteiger partial charge in [0.05, 0.1) is 18.2 Å². The van der Waals surface area contributed by atoms with E-state index in [-0.39, 0.29) is 24.8 Å². The molecule has 0 N–H and O–H groups in total. The second-order valence-electron chi connectivity index (χ2n) is 3.82. The molecule has 7 heteroatoms. The van der Waals surface area contributed by atoms with Crippen molar-refractivity contribution in [1.29, 1.82) is 5.26 Å². The maximum atomic E-state index is 12.4. The van der Waals surface area contributed by atoms with Crippen LogP contribution in [0.5, 0.6) is 0 Å². The summed E-state index contributed by atoms with van der Waals surface area (Å²) in [5.41, 5.74) is -3.56. The summed E-state index contributed by atoms with van der Waals surface area (Å²) in [4.78, 5) is 11.6. The van der Waals surface area contributed by atoms with Crippen molar-refractivity contribution in [1.82, 2.24) is 0 Å². The molecule has 1 atom stereocenters. The van der Waals surface area contributed by atoms with Gasteiger partial charge < -0.3 is 4.74 Å². The molecule has 0 aliphatic rings. The van der Waals surface area contributed by atoms with Gasteiger partial charge in [0.1, 0.15) is 5.25 Å². The number of nitrogens with zero attached hydrogens (tertiary/aromatic N) is 1. The van der Waals surface area contributed by atoms with Gasteiger partial charge in [-0.3, -0.25) is 4.79 Å². The van der Waals surface area contributed by atoms with Crippen molar-refractivity contribution in [2.75, 3.05) is 6.61 Å². The summed E-state index contributed by atoms with van der Waals surface area (Å²) in [5.74, 6) is -0.890. The van der Waals surface area contributed by atoms with Crippen molar-refractivity contribution in [3.8, 4) is 6.07 Å². The molecule has 0 saturated carbocycles. The van der Waals surface area contributed by atoms with Crippen LogP contribution >= 0.6 is 11.8 Å². The number of ether oxygens (including phenoxy) is 1. The average Bonchev–Trinajstić information content (AvgIpc) is 2.37. The highest BCUT2D eigenvalue weighted by atomic mass is 32.2. The molecule has 0 aromatic heterocycles. The third-order valence-electron chi connectivity index (χ3n) is 2.33. The number of esters is 1. The van der Waals surface area contributed by atoms with E-state index >= 15 is 0 Å². The minimum Gasteiger partial charge on any atom is -0.465 e. The van der Waals surface area contributed by atoms with Gasteiger partial charge in [0.25, 0.3) is 0 Å². The van der Waals surface area contributed by atoms with E-state index in [1.165, 1.54) is 31.2 Å². The van der Waals surface area contributed by atoms with Gasteiger partial charge in [0.15, 0.2) is 0 Å². The molecular weight excluding hydrogens is 291 g/mol. The van der Waals surface area contributed by atoms with Gasteiger partial charge in [-0.1, -0.05) is 12.1 Å². The maximum Gasteiger partial charge on any atom is 0.442 e. The van der Waals surface area contributed by atoms with Crippen molar-refractivity contribution < 1.29 is 22.7 Å². The number of alkyl halides is 3. The second-order valence-corrected chi connectivity index (χ2v) is 5.08. The van der Waals surface area contributed by atoms with E-state index in [2.05, 4.69) is 4.74 Å². The number of hydrogen-bond acceptors (Lipinski definition) is 4. The summed E-state index contributed by atoms with van der Waals surface area (Å²) in [5, 5.41) is 7.30. The van der Waals surface area contributed by atoms with Crippen LogP contribution in [0.25, 0.3) is 0 Å². The molecule has 0 bridgehead atoms. The summed E-state index contributed by atoms with van der Waals surface area (Å²) in [6.07, 6.45) is -0.102. The topological polar surface area (TPSA) is 50.1 Å². The van der Waals surface area contributed by atoms with E-state index in [9.17, 15) is 18.0 Å². The first-order chi connectivity index (χ1) is 9.35. The number of carbonyl (C=O) groups is 1. The first kappa shape index (κ1) is 16.4. The zero-order valence-electron chi connectivity index (χ0n) is 10.6. The molecule has 0 aliphatic carbocycles. The van der Waals surface area contributed by atoms with Gasteiger partial charge >= 0.3 is 11.5 Å². The number of nitriles is 1. The van der Waals surface area contributed by atoms with E-state index in [0.29, 0.717) is 11.1 Å². The molecule has 0 amide bonds. The minimum atomic E-state index is -4.51. The predicted octanol–water partition coefficient (Wildman–Crippen LogP) is 3.29. The lowest BCUT2D eigenvalue weighted by Crippen LogP contribution is -2.26. The van der Waals surface area contributed by atoms with Crippen molar-refractivity contribution in [2.24, 2.45) is 0 Å². The summed E-state index contributed by atoms with van der Waals surface area (Å²) < 4.78 is 42.0. The first-order valence-electron chi connectivity index (χ1n) is 5.76. The summed E-state index contributed by atoms with van der Waals surface area (Å²) in [6, 6.07) is 7.96. The van der Waals surface area contributed by atoms with Crippen LogP contribution in [-0.2, 0) is 16.0 Å². The van der Waals surface area contributed by atoms with Crippen molar-refractivity contribution in [2.45, 2.75) is 24.1 Å². The molecule has 1 unspecified atom stereocenters. The highest BCUT2D eigenvalue weighted by Crippen LogP contribution is 2.35. The normalized spacial score (nSPS) is 12.6. The van der Waals surface area contributed by atoms with E-state index in [4.69, 9.17) is 5.26 Å². The van der Waals surface area contributed by atoms with Crippen LogP contribution in [0.1, 0.15) is 18.1 Å². The quantitative estimate of drug-likeness (QED) is 0.783. The van der Waals surface area contributed by atoms with Gasteiger partial charge in [0, 0.05) is 0 Å². The molecule has 3 nitrogen and oxygen atoms in total. The fourth-order valence-electron chi connectivity index (χ4n) is 1.50. The van der Waals surface area contributed by atoms with E-state index in [0.717, 1.165) is 0 Å². The molecule has 0 fully saturated rings. The Kier molecular flexibility index (Phi) is 5.89. The number of halogens is 3. The number of thioether (sulfide) groups is 1. The third kappa shape index (κ3) is 5.53. The highest BCUT2D eigenvalue weighted by Gasteiger charge is 2.37. The van der Waals surface area contributed by atoms with Gasteiger partial charge in [-0.25, -0.2) is 0 Å². The average molecular weight is 303 g/mol. The lowest BCUT2D eigenvalue weighted by Gasteiger charge is -2.16. The third-order valence-corrected chi connectivity index (χ3v) is 3.24. The van der Waals surface area contributed by atoms with Gasteiger partial charge in [-0.15, -0.1) is 0 Å². The summed E-state index contributed by atoms with van der Waals surface area (Å²) >= 11 is -0.385. The zero-order valence-corrected chi connectivity index (χ0v) is 11.4. The van der Waals surface area contributed by atoms with Crippen molar-refractivity contribution in [3.05, 3.63) is 35.4 Å². The SMILES string of the molecule is CCOC(=O)C(Cc1ccc(C#N)cc1)SC(F)(F)F. The lowest BCUT2D eigenvalue weighted by atomic mass is 10.1. The fraction of sp³-hybridized carbons (Fsp3) is 0.385. The molecule has 1 aromatic rings. The van der Waals surface area contributed by atoms with Gasteiger partial charge in [0.2, 0.25) is 0 Å². The first-order valence-corrected chi connectivity index (χ1v) is 6.64. The molecule has 0 spiro atoms. The Hall–Kier alpha value is -1.68. The molecule has 108 valence electrons. The molecule has 0 aliphatic heterocycles. The standard InChI is InChI=1S/C13H12F3NO2S/c1-2-19-12(18)11(20-13(14,15)16)7-9-3-5-10(8-17)6-4-9/h3-6,11H,2,7H2,1H3. The van der Waals surface area contributed by atoms with E-state index in [1.54, 1.807) is 0 Å². The van der Waals surface area contributed by atoms with Crippen LogP contribution in [0.3, 0.4) is 0 Å². The largest absolute Gasteiger partial charge is 0.465 e. The Balaban J connectivity index is 2.82. The van der Waals surface area contributed by atoms with E-state index in [1.807, 2.05) is 6.07 Å². The zero-order chi connectivity index (χ0) is 15.2. The summed E-state index contributed by atoms with van der Waals surface area (Å²) in [6.45, 7) is 1.57. The Morgan fingerprint density at radius 2 is 2.00 bits per heavy atom. The number of rotatable bonds is 5. The maximum absolute atomic E-state index is 12.4. The summed E-state index contributed by atoms with van der Waals surface area (Å²) in [7, 11) is 0. The van der Waals surface area contributed by atoms with Crippen molar-refractivity contribution in [3.63, 3.8) is 0 Å². The smallest absolute Gasteiger partial charge is 0.442 e. The monoisotopic (exact) mass is 303 g/mol. The van der Waals surface area contributed by atoms with Crippen LogP contribution in [0.4, 0.5) is 13.2 Å². The minimum absolute atomic E-state index is 0.0289. The van der Waals surface area contributed by atoms with Gasteiger partial charge in [-0.05, 0) is 42.8 Å². The van der Waals surface area contributed by atoms with Crippen LogP contribution in [0.15, 0.2) is 24.3 Å². The Morgan fingerprint density at radius 1 is 1.40 bits per heavy atom. The molecule has 1 aromatic carbocycles. The van der Waals surface area contributed by atoms with Crippen LogP contribution in [0.2, 0.25) is 0 Å². The lowest BCUT2D eigenvalue weighted by molar-refractivity contribution is -0.142. The van der Waals surface area contributed by atoms with Gasteiger partial charge in [-0.2, -0.15) is 18.4 Å². The Labute approximate surface area is 118 Å². The van der Waals surface area contributed by atoms with Crippen LogP contribution in [0, 0.1) is 11.3 Å². The molecular formula is C13H12F3NO2S.